The molecule has 0 amide bonds. The van der Waals surface area contributed by atoms with E-state index in [0.29, 0.717) is 25.7 Å². The maximum Gasteiger partial charge on any atom is 0.472 e. The molecule has 0 radical (unpaired) electrons. The van der Waals surface area contributed by atoms with Gasteiger partial charge in [-0.3, -0.25) is 37.3 Å². The normalized spacial score (nSPS) is 14.4. The van der Waals surface area contributed by atoms with Gasteiger partial charge in [-0.1, -0.05) is 388 Å². The van der Waals surface area contributed by atoms with Crippen LogP contribution < -0.4 is 0 Å². The Morgan fingerprint density at radius 2 is 0.471 bits per heavy atom. The predicted molar refractivity (Wildman–Crippen MR) is 418 cm³/mol. The number of phosphoric ester groups is 2. The maximum absolute atomic E-state index is 13.1. The molecule has 0 aromatic rings. The molecule has 0 aliphatic carbocycles. The molecule has 0 fully saturated rings. The minimum absolute atomic E-state index is 0.107. The fourth-order valence-corrected chi connectivity index (χ4v) is 14.4. The molecule has 17 nitrogen and oxygen atoms in total. The Morgan fingerprint density at radius 3 is 0.696 bits per heavy atom. The lowest BCUT2D eigenvalue weighted by atomic mass is 9.99. The summed E-state index contributed by atoms with van der Waals surface area (Å²) in [5.41, 5.74) is 0. The van der Waals surface area contributed by atoms with Crippen LogP contribution in [0.3, 0.4) is 0 Å². The summed E-state index contributed by atoms with van der Waals surface area (Å²) in [4.78, 5) is 73.0. The quantitative estimate of drug-likeness (QED) is 0.0222. The standard InChI is InChI=1S/C83H162O17P2/c1-7-11-13-15-17-19-33-41-47-53-59-65-80(85)93-71-78(99-82(87)67-61-55-49-43-34-20-18-16-14-12-8-2)73-97-101(89,90)95-69-77(84)70-96-102(91,92)98-74-79(72-94-81(86)66-60-54-48-42-37-31-28-27-30-36-40-46-52-58-64-76(6)10-4)100-83(88)68-62-56-50-44-38-32-26-24-22-21-23-25-29-35-39-45-51-57-63-75(5)9-3/h75-79,84H,7-74H2,1-6H3,(H,89,90)(H,91,92)/t75?,76?,77-,78+,79+/m0/s1. The Morgan fingerprint density at radius 1 is 0.275 bits per heavy atom. The molecule has 0 rings (SSSR count). The first-order valence-electron chi connectivity index (χ1n) is 43.1. The number of hydrogen-bond donors (Lipinski definition) is 3. The van der Waals surface area contributed by atoms with Crippen molar-refractivity contribution >= 4 is 39.5 Å². The van der Waals surface area contributed by atoms with E-state index in [1.807, 2.05) is 0 Å². The number of aliphatic hydroxyl groups is 1. The van der Waals surface area contributed by atoms with Gasteiger partial charge >= 0.3 is 39.5 Å². The first-order chi connectivity index (χ1) is 49.4. The van der Waals surface area contributed by atoms with E-state index in [-0.39, 0.29) is 25.7 Å². The van der Waals surface area contributed by atoms with Crippen LogP contribution in [0.1, 0.15) is 440 Å². The number of hydrogen-bond acceptors (Lipinski definition) is 15. The lowest BCUT2D eigenvalue weighted by Gasteiger charge is -2.21. The van der Waals surface area contributed by atoms with Gasteiger partial charge in [0.15, 0.2) is 12.2 Å². The average Bonchev–Trinajstić information content (AvgIpc) is 0.908. The van der Waals surface area contributed by atoms with E-state index >= 15 is 0 Å². The van der Waals surface area contributed by atoms with Gasteiger partial charge < -0.3 is 33.8 Å². The topological polar surface area (TPSA) is 237 Å². The SMILES string of the molecule is CCCCCCCCCCCCCC(=O)OC[C@H](COP(=O)(O)OC[C@H](O)COP(=O)(O)OC[C@@H](COC(=O)CCCCCCCCCCCCCCCCC(C)CC)OC(=O)CCCCCCCCCCCCCCCCCCCCC(C)CC)OC(=O)CCCCCCCCCCCCC. The van der Waals surface area contributed by atoms with Gasteiger partial charge in [0.05, 0.1) is 26.4 Å². The second-order valence-electron chi connectivity index (χ2n) is 30.4. The van der Waals surface area contributed by atoms with Crippen molar-refractivity contribution in [2.75, 3.05) is 39.6 Å². The number of phosphoric acid groups is 2. The van der Waals surface area contributed by atoms with Crippen LogP contribution in [-0.2, 0) is 65.4 Å². The van der Waals surface area contributed by atoms with Gasteiger partial charge in [-0.05, 0) is 37.5 Å². The van der Waals surface area contributed by atoms with E-state index in [1.165, 1.54) is 257 Å². The highest BCUT2D eigenvalue weighted by atomic mass is 31.2. The Labute approximate surface area is 626 Å². The zero-order valence-corrected chi connectivity index (χ0v) is 68.7. The molecule has 3 N–H and O–H groups in total. The molecule has 0 aliphatic heterocycles. The molecular weight excluding hydrogens is 1330 g/mol. The average molecular weight is 1490 g/mol. The molecule has 7 atom stereocenters. The third-order valence-electron chi connectivity index (χ3n) is 20.2. The zero-order valence-electron chi connectivity index (χ0n) is 66.9. The predicted octanol–water partition coefficient (Wildman–Crippen LogP) is 25.1. The van der Waals surface area contributed by atoms with Crippen LogP contribution in [0.5, 0.6) is 0 Å². The second kappa shape index (κ2) is 74.5. The Kier molecular flexibility index (Phi) is 73.1. The fraction of sp³-hybridized carbons (Fsp3) is 0.952. The van der Waals surface area contributed by atoms with Crippen LogP contribution in [0.25, 0.3) is 0 Å². The van der Waals surface area contributed by atoms with Crippen LogP contribution in [0.4, 0.5) is 0 Å². The molecule has 0 heterocycles. The molecule has 0 bridgehead atoms. The van der Waals surface area contributed by atoms with E-state index in [0.717, 1.165) is 102 Å². The minimum atomic E-state index is -4.96. The first kappa shape index (κ1) is 100. The van der Waals surface area contributed by atoms with Crippen molar-refractivity contribution in [3.63, 3.8) is 0 Å². The van der Waals surface area contributed by atoms with Crippen LogP contribution in [0.2, 0.25) is 0 Å². The lowest BCUT2D eigenvalue weighted by molar-refractivity contribution is -0.161. The lowest BCUT2D eigenvalue weighted by Crippen LogP contribution is -2.30. The van der Waals surface area contributed by atoms with E-state index in [4.69, 9.17) is 37.0 Å². The number of carbonyl (C=O) groups is 4. The van der Waals surface area contributed by atoms with Crippen molar-refractivity contribution in [3.8, 4) is 0 Å². The third kappa shape index (κ3) is 73.6. The Hall–Kier alpha value is -1.94. The smallest absolute Gasteiger partial charge is 0.462 e. The summed E-state index contributed by atoms with van der Waals surface area (Å²) in [7, 11) is -9.92. The molecule has 0 saturated heterocycles. The van der Waals surface area contributed by atoms with Crippen molar-refractivity contribution < 1.29 is 80.2 Å². The molecule has 0 aromatic carbocycles. The fourth-order valence-electron chi connectivity index (χ4n) is 12.8. The number of ether oxygens (including phenoxy) is 4. The minimum Gasteiger partial charge on any atom is -0.462 e. The van der Waals surface area contributed by atoms with Crippen molar-refractivity contribution in [1.82, 2.24) is 0 Å². The van der Waals surface area contributed by atoms with E-state index in [1.54, 1.807) is 0 Å². The molecule has 606 valence electrons. The van der Waals surface area contributed by atoms with Crippen LogP contribution in [-0.4, -0.2) is 96.7 Å². The molecule has 4 unspecified atom stereocenters. The van der Waals surface area contributed by atoms with Crippen molar-refractivity contribution in [2.45, 2.75) is 458 Å². The van der Waals surface area contributed by atoms with E-state index in [9.17, 15) is 43.2 Å². The van der Waals surface area contributed by atoms with Gasteiger partial charge in [0, 0.05) is 25.7 Å². The highest BCUT2D eigenvalue weighted by Gasteiger charge is 2.30. The molecular formula is C83H162O17P2. The Bertz CT molecular complexity index is 1960. The highest BCUT2D eigenvalue weighted by Crippen LogP contribution is 2.45. The number of rotatable bonds is 82. The summed E-state index contributed by atoms with van der Waals surface area (Å²) in [5, 5.41) is 10.6. The molecule has 0 aromatic heterocycles. The maximum atomic E-state index is 13.1. The summed E-state index contributed by atoms with van der Waals surface area (Å²) in [6, 6.07) is 0. The number of esters is 4. The second-order valence-corrected chi connectivity index (χ2v) is 33.3. The highest BCUT2D eigenvalue weighted by molar-refractivity contribution is 7.47. The monoisotopic (exact) mass is 1490 g/mol. The van der Waals surface area contributed by atoms with Gasteiger partial charge in [0.2, 0.25) is 0 Å². The van der Waals surface area contributed by atoms with Crippen LogP contribution in [0, 0.1) is 11.8 Å². The van der Waals surface area contributed by atoms with Crippen LogP contribution in [0.15, 0.2) is 0 Å². The van der Waals surface area contributed by atoms with E-state index < -0.39 is 97.5 Å². The number of carbonyl (C=O) groups excluding carboxylic acids is 4. The summed E-state index contributed by atoms with van der Waals surface area (Å²) >= 11 is 0. The summed E-state index contributed by atoms with van der Waals surface area (Å²) in [5.74, 6) is -0.384. The van der Waals surface area contributed by atoms with Crippen molar-refractivity contribution in [3.05, 3.63) is 0 Å². The molecule has 0 aliphatic rings. The molecule has 102 heavy (non-hydrogen) atoms. The summed E-state index contributed by atoms with van der Waals surface area (Å²) in [6.45, 7) is 9.76. The Balaban J connectivity index is 5.21. The van der Waals surface area contributed by atoms with Crippen molar-refractivity contribution in [1.29, 1.82) is 0 Å². The van der Waals surface area contributed by atoms with Crippen LogP contribution >= 0.6 is 15.6 Å². The zero-order chi connectivity index (χ0) is 74.9. The third-order valence-corrected chi connectivity index (χ3v) is 22.1. The summed E-state index contributed by atoms with van der Waals surface area (Å²) < 4.78 is 68.7. The van der Waals surface area contributed by atoms with Gasteiger partial charge in [-0.2, -0.15) is 0 Å². The first-order valence-corrected chi connectivity index (χ1v) is 46.1. The van der Waals surface area contributed by atoms with Gasteiger partial charge in [0.1, 0.15) is 19.3 Å². The number of unbranched alkanes of at least 4 members (excludes halogenated alkanes) is 50. The van der Waals surface area contributed by atoms with Gasteiger partial charge in [-0.15, -0.1) is 0 Å². The number of aliphatic hydroxyl groups excluding tert-OH is 1. The summed E-state index contributed by atoms with van der Waals surface area (Å²) in [6.07, 6.45) is 65.1. The largest absolute Gasteiger partial charge is 0.472 e. The van der Waals surface area contributed by atoms with E-state index in [2.05, 4.69) is 41.5 Å². The molecule has 0 saturated carbocycles. The molecule has 0 spiro atoms. The van der Waals surface area contributed by atoms with Gasteiger partial charge in [-0.25, -0.2) is 9.13 Å². The van der Waals surface area contributed by atoms with Gasteiger partial charge in [0.25, 0.3) is 0 Å². The molecule has 19 heteroatoms. The van der Waals surface area contributed by atoms with Crippen molar-refractivity contribution in [2.24, 2.45) is 11.8 Å².